The number of thiazole rings is 1. The second-order valence-corrected chi connectivity index (χ2v) is 8.78. The molecule has 4 rings (SSSR count). The summed E-state index contributed by atoms with van der Waals surface area (Å²) in [4.78, 5) is 22.8. The van der Waals surface area contributed by atoms with Crippen molar-refractivity contribution >= 4 is 33.9 Å². The molecular formula is C21H29N5O2S. The third kappa shape index (κ3) is 5.46. The van der Waals surface area contributed by atoms with Crippen LogP contribution in [0.25, 0.3) is 0 Å². The summed E-state index contributed by atoms with van der Waals surface area (Å²) >= 11 is 1.52. The van der Waals surface area contributed by atoms with E-state index in [4.69, 9.17) is 4.74 Å². The molecule has 0 radical (unpaired) electrons. The van der Waals surface area contributed by atoms with Crippen LogP contribution in [-0.2, 0) is 11.3 Å². The number of hydrogen-bond acceptors (Lipinski definition) is 6. The van der Waals surface area contributed by atoms with Crippen molar-refractivity contribution < 1.29 is 9.53 Å². The number of nitrogens with one attached hydrogen (secondary N) is 2. The molecule has 0 saturated carbocycles. The zero-order valence-corrected chi connectivity index (χ0v) is 17.8. The number of hydrogen-bond donors (Lipinski definition) is 2. The van der Waals surface area contributed by atoms with Gasteiger partial charge in [-0.15, -0.1) is 11.3 Å². The van der Waals surface area contributed by atoms with Gasteiger partial charge in [-0.1, -0.05) is 6.07 Å². The third-order valence-electron chi connectivity index (χ3n) is 5.36. The van der Waals surface area contributed by atoms with Gasteiger partial charge in [-0.2, -0.15) is 0 Å². The van der Waals surface area contributed by atoms with E-state index in [9.17, 15) is 4.79 Å². The quantitative estimate of drug-likeness (QED) is 0.775. The number of urea groups is 1. The van der Waals surface area contributed by atoms with Gasteiger partial charge in [-0.05, 0) is 43.9 Å². The SMILES string of the molecule is Cc1ccc(NC(=O)Nc2ncc(CN3CCOCC3)s2)c(N2CCCCC2)c1. The molecule has 0 unspecified atom stereocenters. The third-order valence-corrected chi connectivity index (χ3v) is 6.25. The summed E-state index contributed by atoms with van der Waals surface area (Å²) in [7, 11) is 0. The number of piperidine rings is 1. The molecule has 156 valence electrons. The van der Waals surface area contributed by atoms with E-state index in [0.29, 0.717) is 5.13 Å². The minimum Gasteiger partial charge on any atom is -0.379 e. The highest BCUT2D eigenvalue weighted by atomic mass is 32.1. The first-order valence-corrected chi connectivity index (χ1v) is 11.2. The van der Waals surface area contributed by atoms with Crippen molar-refractivity contribution in [2.24, 2.45) is 0 Å². The van der Waals surface area contributed by atoms with Gasteiger partial charge in [-0.3, -0.25) is 10.2 Å². The number of rotatable bonds is 5. The molecule has 0 atom stereocenters. The summed E-state index contributed by atoms with van der Waals surface area (Å²) in [6.45, 7) is 8.45. The van der Waals surface area contributed by atoms with E-state index in [0.717, 1.165) is 62.2 Å². The van der Waals surface area contributed by atoms with E-state index < -0.39 is 0 Å². The van der Waals surface area contributed by atoms with Gasteiger partial charge in [0.2, 0.25) is 0 Å². The molecule has 2 saturated heterocycles. The molecule has 3 heterocycles. The van der Waals surface area contributed by atoms with E-state index in [-0.39, 0.29) is 6.03 Å². The Morgan fingerprint density at radius 1 is 1.14 bits per heavy atom. The van der Waals surface area contributed by atoms with E-state index >= 15 is 0 Å². The maximum atomic E-state index is 12.6. The van der Waals surface area contributed by atoms with Crippen molar-refractivity contribution in [3.05, 3.63) is 34.8 Å². The first-order valence-electron chi connectivity index (χ1n) is 10.4. The molecular weight excluding hydrogens is 386 g/mol. The lowest BCUT2D eigenvalue weighted by molar-refractivity contribution is 0.0346. The molecule has 2 aliphatic heterocycles. The van der Waals surface area contributed by atoms with E-state index in [2.05, 4.69) is 38.4 Å². The lowest BCUT2D eigenvalue weighted by atomic mass is 10.1. The number of benzene rings is 1. The van der Waals surface area contributed by atoms with Crippen LogP contribution in [0.15, 0.2) is 24.4 Å². The molecule has 8 heteroatoms. The first kappa shape index (κ1) is 20.1. The number of aromatic nitrogens is 1. The Morgan fingerprint density at radius 3 is 2.72 bits per heavy atom. The fourth-order valence-electron chi connectivity index (χ4n) is 3.81. The molecule has 1 aromatic heterocycles. The molecule has 0 bridgehead atoms. The monoisotopic (exact) mass is 415 g/mol. The van der Waals surface area contributed by atoms with Crippen LogP contribution in [0.4, 0.5) is 21.3 Å². The van der Waals surface area contributed by atoms with Gasteiger partial charge in [0.1, 0.15) is 0 Å². The number of amides is 2. The Hall–Kier alpha value is -2.16. The van der Waals surface area contributed by atoms with Crippen LogP contribution in [0.3, 0.4) is 0 Å². The van der Waals surface area contributed by atoms with Gasteiger partial charge in [0, 0.05) is 43.8 Å². The van der Waals surface area contributed by atoms with Crippen LogP contribution in [0.2, 0.25) is 0 Å². The van der Waals surface area contributed by atoms with E-state index in [1.807, 2.05) is 18.3 Å². The maximum absolute atomic E-state index is 12.6. The largest absolute Gasteiger partial charge is 0.379 e. The Morgan fingerprint density at radius 2 is 1.93 bits per heavy atom. The van der Waals surface area contributed by atoms with Gasteiger partial charge >= 0.3 is 6.03 Å². The number of carbonyl (C=O) groups is 1. The van der Waals surface area contributed by atoms with Crippen LogP contribution in [-0.4, -0.2) is 55.3 Å². The Balaban J connectivity index is 1.37. The van der Waals surface area contributed by atoms with Crippen LogP contribution >= 0.6 is 11.3 Å². The molecule has 2 aromatic rings. The van der Waals surface area contributed by atoms with Crippen LogP contribution in [0.5, 0.6) is 0 Å². The summed E-state index contributed by atoms with van der Waals surface area (Å²) < 4.78 is 5.39. The van der Waals surface area contributed by atoms with Crippen molar-refractivity contribution in [1.82, 2.24) is 9.88 Å². The molecule has 7 nitrogen and oxygen atoms in total. The molecule has 2 N–H and O–H groups in total. The highest BCUT2D eigenvalue weighted by Crippen LogP contribution is 2.30. The van der Waals surface area contributed by atoms with Crippen molar-refractivity contribution in [3.63, 3.8) is 0 Å². The Labute approximate surface area is 176 Å². The van der Waals surface area contributed by atoms with Crippen LogP contribution in [0.1, 0.15) is 29.7 Å². The molecule has 0 aliphatic carbocycles. The number of ether oxygens (including phenoxy) is 1. The predicted molar refractivity (Wildman–Crippen MR) is 118 cm³/mol. The summed E-state index contributed by atoms with van der Waals surface area (Å²) in [5.74, 6) is 0. The smallest absolute Gasteiger partial charge is 0.325 e. The molecule has 0 spiro atoms. The molecule has 1 aromatic carbocycles. The summed E-state index contributed by atoms with van der Waals surface area (Å²) in [5, 5.41) is 6.53. The summed E-state index contributed by atoms with van der Waals surface area (Å²) in [6.07, 6.45) is 5.53. The average Bonchev–Trinajstić information content (AvgIpc) is 3.17. The van der Waals surface area contributed by atoms with Gasteiger partial charge in [0.15, 0.2) is 5.13 Å². The van der Waals surface area contributed by atoms with Gasteiger partial charge in [-0.25, -0.2) is 9.78 Å². The van der Waals surface area contributed by atoms with Crippen LogP contribution in [0, 0.1) is 6.92 Å². The number of nitrogens with zero attached hydrogens (tertiary/aromatic N) is 3. The average molecular weight is 416 g/mol. The minimum atomic E-state index is -0.251. The Kier molecular flexibility index (Phi) is 6.63. The van der Waals surface area contributed by atoms with Gasteiger partial charge in [0.05, 0.1) is 24.6 Å². The minimum absolute atomic E-state index is 0.251. The van der Waals surface area contributed by atoms with Gasteiger partial charge < -0.3 is 15.0 Å². The zero-order chi connectivity index (χ0) is 20.1. The number of aryl methyl sites for hydroxylation is 1. The molecule has 2 fully saturated rings. The zero-order valence-electron chi connectivity index (χ0n) is 16.9. The highest BCUT2D eigenvalue weighted by molar-refractivity contribution is 7.15. The summed E-state index contributed by atoms with van der Waals surface area (Å²) in [6, 6.07) is 5.93. The standard InChI is InChI=1S/C21H29N5O2S/c1-16-5-6-18(19(13-16)26-7-3-2-4-8-26)23-20(27)24-21-22-14-17(29-21)15-25-9-11-28-12-10-25/h5-6,13-14H,2-4,7-12,15H2,1H3,(H2,22,23,24,27). The fourth-order valence-corrected chi connectivity index (χ4v) is 4.66. The number of anilines is 3. The lowest BCUT2D eigenvalue weighted by Crippen LogP contribution is -2.35. The molecule has 2 aliphatic rings. The fraction of sp³-hybridized carbons (Fsp3) is 0.524. The van der Waals surface area contributed by atoms with E-state index in [1.165, 1.54) is 36.2 Å². The molecule has 29 heavy (non-hydrogen) atoms. The summed E-state index contributed by atoms with van der Waals surface area (Å²) in [5.41, 5.74) is 3.15. The predicted octanol–water partition coefficient (Wildman–Crippen LogP) is 3.92. The van der Waals surface area contributed by atoms with Crippen molar-refractivity contribution in [1.29, 1.82) is 0 Å². The molecule has 2 amide bonds. The Bertz CT molecular complexity index is 828. The van der Waals surface area contributed by atoms with Crippen molar-refractivity contribution in [2.45, 2.75) is 32.7 Å². The number of morpholine rings is 1. The van der Waals surface area contributed by atoms with Crippen LogP contribution < -0.4 is 15.5 Å². The highest BCUT2D eigenvalue weighted by Gasteiger charge is 2.17. The van der Waals surface area contributed by atoms with Gasteiger partial charge in [0.25, 0.3) is 0 Å². The topological polar surface area (TPSA) is 69.7 Å². The maximum Gasteiger partial charge on any atom is 0.325 e. The van der Waals surface area contributed by atoms with E-state index in [1.54, 1.807) is 0 Å². The number of carbonyl (C=O) groups excluding carboxylic acids is 1. The second-order valence-electron chi connectivity index (χ2n) is 7.67. The van der Waals surface area contributed by atoms with Crippen molar-refractivity contribution in [3.8, 4) is 0 Å². The first-order chi connectivity index (χ1) is 14.2. The van der Waals surface area contributed by atoms with Crippen molar-refractivity contribution in [2.75, 3.05) is 54.9 Å². The second kappa shape index (κ2) is 9.56. The lowest BCUT2D eigenvalue weighted by Gasteiger charge is -2.30. The normalized spacial score (nSPS) is 17.9.